The number of rotatable bonds is 14. The number of amides is 3. The number of ketones is 1. The molecule has 3 N–H and O–H groups in total. The minimum Gasteiger partial charge on any atom is -0.391 e. The van der Waals surface area contributed by atoms with Crippen molar-refractivity contribution in [2.24, 2.45) is 5.92 Å². The zero-order valence-corrected chi connectivity index (χ0v) is 26.2. The van der Waals surface area contributed by atoms with Crippen molar-refractivity contribution >= 4 is 29.6 Å². The van der Waals surface area contributed by atoms with Gasteiger partial charge in [-0.15, -0.1) is 0 Å². The van der Waals surface area contributed by atoms with Gasteiger partial charge in [0.15, 0.2) is 11.5 Å². The van der Waals surface area contributed by atoms with Gasteiger partial charge in [0.05, 0.1) is 6.10 Å². The molecule has 3 atom stereocenters. The fraction of sp³-hybridized carbons (Fsp3) is 0.353. The number of aliphatic hydroxyl groups is 1. The van der Waals surface area contributed by atoms with Crippen molar-refractivity contribution in [2.45, 2.75) is 58.7 Å². The van der Waals surface area contributed by atoms with Crippen LogP contribution in [0.25, 0.3) is 6.08 Å². The lowest BCUT2D eigenvalue weighted by atomic mass is 9.90. The Morgan fingerprint density at radius 2 is 1.69 bits per heavy atom. The van der Waals surface area contributed by atoms with Crippen molar-refractivity contribution in [1.29, 1.82) is 5.26 Å². The molecule has 1 heterocycles. The number of aromatic nitrogens is 1. The van der Waals surface area contributed by atoms with Gasteiger partial charge < -0.3 is 25.2 Å². The number of aryl methyl sites for hydroxylation is 3. The molecule has 0 fully saturated rings. The van der Waals surface area contributed by atoms with Gasteiger partial charge in [-0.1, -0.05) is 59.3 Å². The van der Waals surface area contributed by atoms with Gasteiger partial charge >= 0.3 is 0 Å². The first-order valence-electron chi connectivity index (χ1n) is 14.6. The van der Waals surface area contributed by atoms with Crippen molar-refractivity contribution in [3.05, 3.63) is 93.9 Å². The van der Waals surface area contributed by atoms with E-state index in [1.807, 2.05) is 49.4 Å². The maximum absolute atomic E-state index is 13.4. The third-order valence-corrected chi connectivity index (χ3v) is 7.21. The van der Waals surface area contributed by atoms with Crippen LogP contribution in [0.4, 0.5) is 0 Å². The molecule has 3 rings (SSSR count). The smallest absolute Gasteiger partial charge is 0.274 e. The van der Waals surface area contributed by atoms with Crippen LogP contribution in [-0.4, -0.2) is 64.9 Å². The quantitative estimate of drug-likeness (QED) is 0.184. The van der Waals surface area contributed by atoms with Gasteiger partial charge in [-0.3, -0.25) is 19.2 Å². The summed E-state index contributed by atoms with van der Waals surface area (Å²) in [6, 6.07) is 17.0. The molecule has 3 aromatic rings. The fourth-order valence-electron chi connectivity index (χ4n) is 4.56. The lowest BCUT2D eigenvalue weighted by molar-refractivity contribution is -0.131. The van der Waals surface area contributed by atoms with Crippen LogP contribution in [0.3, 0.4) is 0 Å². The van der Waals surface area contributed by atoms with E-state index in [2.05, 4.69) is 15.8 Å². The molecule has 0 spiro atoms. The second-order valence-electron chi connectivity index (χ2n) is 11.2. The molecule has 0 unspecified atom stereocenters. The first kappa shape index (κ1) is 34.4. The molecule has 0 aliphatic carbocycles. The molecule has 45 heavy (non-hydrogen) atoms. The SMILES string of the molecule is Cc1ccc(CNC(=O)[C@H](CCc2ccc(C=C(C#N)C(=O)N(C)C)cc2)CC(=O)[C@@H](NC(=O)c2cc(C)on2)[C@@H](C)O)cc1. The molecule has 0 aliphatic heterocycles. The van der Waals surface area contributed by atoms with Crippen LogP contribution in [0, 0.1) is 31.1 Å². The largest absolute Gasteiger partial charge is 0.391 e. The summed E-state index contributed by atoms with van der Waals surface area (Å²) in [4.78, 5) is 53.0. The highest BCUT2D eigenvalue weighted by Crippen LogP contribution is 2.19. The second-order valence-corrected chi connectivity index (χ2v) is 11.2. The third-order valence-electron chi connectivity index (χ3n) is 7.21. The summed E-state index contributed by atoms with van der Waals surface area (Å²) >= 11 is 0. The van der Waals surface area contributed by atoms with E-state index in [4.69, 9.17) is 4.52 Å². The standard InChI is InChI=1S/C34H39N5O6/c1-21-6-8-26(9-7-21)20-36-32(42)27(18-30(41)31(23(3)40)37-33(43)29-16-22(2)45-38-29)15-14-24-10-12-25(13-11-24)17-28(19-35)34(44)39(4)5/h6-13,16-17,23,27,31,40H,14-15,18,20H2,1-5H3,(H,36,42)(H,37,43)/t23-,27-,31+/m1/s1. The Morgan fingerprint density at radius 3 is 2.24 bits per heavy atom. The molecule has 11 heteroatoms. The van der Waals surface area contributed by atoms with Gasteiger partial charge in [0.1, 0.15) is 23.4 Å². The number of carbonyl (C=O) groups is 4. The first-order chi connectivity index (χ1) is 21.4. The van der Waals surface area contributed by atoms with E-state index in [0.29, 0.717) is 24.2 Å². The van der Waals surface area contributed by atoms with Gasteiger partial charge in [-0.25, -0.2) is 0 Å². The van der Waals surface area contributed by atoms with Gasteiger partial charge in [-0.05, 0) is 56.4 Å². The van der Waals surface area contributed by atoms with E-state index in [0.717, 1.165) is 16.7 Å². The lowest BCUT2D eigenvalue weighted by Crippen LogP contribution is -2.49. The number of nitrogens with zero attached hydrogens (tertiary/aromatic N) is 3. The van der Waals surface area contributed by atoms with Crippen molar-refractivity contribution in [3.63, 3.8) is 0 Å². The number of aliphatic hydroxyl groups excluding tert-OH is 1. The van der Waals surface area contributed by atoms with E-state index in [-0.39, 0.29) is 30.1 Å². The Hall–Kier alpha value is -5.08. The van der Waals surface area contributed by atoms with Crippen molar-refractivity contribution in [3.8, 4) is 6.07 Å². The van der Waals surface area contributed by atoms with E-state index < -0.39 is 35.7 Å². The number of hydrogen-bond donors (Lipinski definition) is 3. The summed E-state index contributed by atoms with van der Waals surface area (Å²) < 4.78 is 4.93. The molecule has 236 valence electrons. The molecular formula is C34H39N5O6. The molecule has 1 aromatic heterocycles. The van der Waals surface area contributed by atoms with Gasteiger partial charge in [0, 0.05) is 39.0 Å². The number of hydrogen-bond acceptors (Lipinski definition) is 8. The van der Waals surface area contributed by atoms with Crippen molar-refractivity contribution in [2.75, 3.05) is 14.1 Å². The van der Waals surface area contributed by atoms with Gasteiger partial charge in [-0.2, -0.15) is 5.26 Å². The Balaban J connectivity index is 1.75. The molecule has 0 saturated heterocycles. The molecule has 0 saturated carbocycles. The molecule has 0 aliphatic rings. The van der Waals surface area contributed by atoms with Crippen molar-refractivity contribution < 1.29 is 28.8 Å². The van der Waals surface area contributed by atoms with Crippen LogP contribution in [0.2, 0.25) is 0 Å². The fourth-order valence-corrected chi connectivity index (χ4v) is 4.56. The van der Waals surface area contributed by atoms with Crippen LogP contribution < -0.4 is 10.6 Å². The molecular weight excluding hydrogens is 574 g/mol. The average molecular weight is 614 g/mol. The number of likely N-dealkylation sites (N-methyl/N-ethyl adjacent to an activating group) is 1. The number of carbonyl (C=O) groups excluding carboxylic acids is 4. The normalized spacial score (nSPS) is 13.2. The maximum Gasteiger partial charge on any atom is 0.274 e. The molecule has 0 radical (unpaired) electrons. The Bertz CT molecular complexity index is 1570. The van der Waals surface area contributed by atoms with E-state index in [1.165, 1.54) is 24.0 Å². The minimum atomic E-state index is -1.26. The molecule has 0 bridgehead atoms. The van der Waals surface area contributed by atoms with Crippen molar-refractivity contribution in [1.82, 2.24) is 20.7 Å². The number of benzene rings is 2. The van der Waals surface area contributed by atoms with E-state index in [1.54, 1.807) is 33.2 Å². The summed E-state index contributed by atoms with van der Waals surface area (Å²) in [5, 5.41) is 28.8. The molecule has 11 nitrogen and oxygen atoms in total. The predicted molar refractivity (Wildman–Crippen MR) is 167 cm³/mol. The molecule has 3 amide bonds. The van der Waals surface area contributed by atoms with Crippen LogP contribution in [0.5, 0.6) is 0 Å². The lowest BCUT2D eigenvalue weighted by Gasteiger charge is -2.23. The summed E-state index contributed by atoms with van der Waals surface area (Å²) in [5.41, 5.74) is 3.54. The van der Waals surface area contributed by atoms with Crippen LogP contribution in [0.1, 0.15) is 58.3 Å². The number of Topliss-reactive ketones (excluding diaryl/α,β-unsaturated/α-hetero) is 1. The van der Waals surface area contributed by atoms with Gasteiger partial charge in [0.25, 0.3) is 11.8 Å². The zero-order valence-electron chi connectivity index (χ0n) is 26.2. The van der Waals surface area contributed by atoms with E-state index in [9.17, 15) is 29.5 Å². The Kier molecular flexibility index (Phi) is 12.3. The number of nitriles is 1. The highest BCUT2D eigenvalue weighted by Gasteiger charge is 2.31. The van der Waals surface area contributed by atoms with E-state index >= 15 is 0 Å². The monoisotopic (exact) mass is 613 g/mol. The highest BCUT2D eigenvalue weighted by atomic mass is 16.5. The minimum absolute atomic E-state index is 0.00927. The molecule has 2 aromatic carbocycles. The van der Waals surface area contributed by atoms with Crippen LogP contribution in [-0.2, 0) is 27.3 Å². The third kappa shape index (κ3) is 10.3. The van der Waals surface area contributed by atoms with Gasteiger partial charge in [0.2, 0.25) is 5.91 Å². The maximum atomic E-state index is 13.4. The summed E-state index contributed by atoms with van der Waals surface area (Å²) in [6.45, 7) is 5.27. The van der Waals surface area contributed by atoms with Crippen LogP contribution >= 0.6 is 0 Å². The highest BCUT2D eigenvalue weighted by molar-refractivity contribution is 6.01. The second kappa shape index (κ2) is 16.1. The zero-order chi connectivity index (χ0) is 33.1. The summed E-state index contributed by atoms with van der Waals surface area (Å²) in [5.74, 6) is -2.22. The Labute approximate surface area is 262 Å². The van der Waals surface area contributed by atoms with Crippen LogP contribution in [0.15, 0.2) is 64.7 Å². The topological polar surface area (TPSA) is 166 Å². The Morgan fingerprint density at radius 1 is 1.04 bits per heavy atom. The number of nitrogens with one attached hydrogen (secondary N) is 2. The average Bonchev–Trinajstić information content (AvgIpc) is 3.46. The predicted octanol–water partition coefficient (Wildman–Crippen LogP) is 3.29. The first-order valence-corrected chi connectivity index (χ1v) is 14.6. The summed E-state index contributed by atoms with van der Waals surface area (Å²) in [7, 11) is 3.15. The summed E-state index contributed by atoms with van der Waals surface area (Å²) in [6.07, 6.45) is 0.838.